The van der Waals surface area contributed by atoms with Crippen LogP contribution in [0.1, 0.15) is 17.1 Å². The molecular formula is C26H23N7O2. The third-order valence-corrected chi connectivity index (χ3v) is 5.80. The number of H-pyrrole nitrogens is 1. The summed E-state index contributed by atoms with van der Waals surface area (Å²) in [5, 5.41) is 14.6. The number of benzene rings is 2. The van der Waals surface area contributed by atoms with Crippen LogP contribution in [0.25, 0.3) is 33.8 Å². The number of nitrogens with zero attached hydrogens (tertiary/aromatic N) is 6. The van der Waals surface area contributed by atoms with Gasteiger partial charge in [0.15, 0.2) is 0 Å². The van der Waals surface area contributed by atoms with Gasteiger partial charge in [-0.2, -0.15) is 5.21 Å². The molecule has 3 aromatic heterocycles. The number of aryl methyl sites for hydroxylation is 2. The Kier molecular flexibility index (Phi) is 5.88. The van der Waals surface area contributed by atoms with Crippen molar-refractivity contribution in [2.75, 3.05) is 7.11 Å². The Morgan fingerprint density at radius 3 is 2.46 bits per heavy atom. The van der Waals surface area contributed by atoms with Crippen molar-refractivity contribution < 1.29 is 4.74 Å². The quantitative estimate of drug-likeness (QED) is 0.406. The monoisotopic (exact) mass is 465 g/mol. The number of ether oxygens (including phenoxy) is 1. The van der Waals surface area contributed by atoms with Crippen molar-refractivity contribution in [3.8, 4) is 39.5 Å². The number of hydrogen-bond donors (Lipinski definition) is 1. The van der Waals surface area contributed by atoms with Gasteiger partial charge in [0, 0.05) is 35.2 Å². The standard InChI is InChI=1S/C26H23N7O2/c1-16-12-25(34)33(17(2)28-16)15-18-4-6-19(7-5-18)23-13-20(24-14-21(35-3)10-11-27-24)8-9-22(23)26-29-31-32-30-26/h4-14H,15H2,1-3H3,(H,29,30,31,32). The molecule has 0 saturated carbocycles. The van der Waals surface area contributed by atoms with Gasteiger partial charge >= 0.3 is 0 Å². The molecule has 9 nitrogen and oxygen atoms in total. The molecule has 2 aromatic carbocycles. The molecule has 0 aliphatic carbocycles. The Hall–Kier alpha value is -4.66. The number of methoxy groups -OCH3 is 1. The average Bonchev–Trinajstić information content (AvgIpc) is 3.41. The summed E-state index contributed by atoms with van der Waals surface area (Å²) >= 11 is 0. The summed E-state index contributed by atoms with van der Waals surface area (Å²) in [6.45, 7) is 4.12. The van der Waals surface area contributed by atoms with E-state index in [-0.39, 0.29) is 5.56 Å². The summed E-state index contributed by atoms with van der Waals surface area (Å²) in [6, 6.07) is 19.3. The molecule has 174 valence electrons. The first-order valence-corrected chi connectivity index (χ1v) is 11.0. The Labute approximate surface area is 201 Å². The summed E-state index contributed by atoms with van der Waals surface area (Å²) in [5.74, 6) is 1.93. The second kappa shape index (κ2) is 9.30. The van der Waals surface area contributed by atoms with Crippen LogP contribution in [0.4, 0.5) is 0 Å². The van der Waals surface area contributed by atoms with Gasteiger partial charge in [-0.3, -0.25) is 14.3 Å². The van der Waals surface area contributed by atoms with E-state index >= 15 is 0 Å². The predicted octanol–water partition coefficient (Wildman–Crippen LogP) is 3.83. The number of rotatable bonds is 6. The summed E-state index contributed by atoms with van der Waals surface area (Å²) in [4.78, 5) is 21.3. The highest BCUT2D eigenvalue weighted by Crippen LogP contribution is 2.34. The molecule has 5 rings (SSSR count). The van der Waals surface area contributed by atoms with Crippen LogP contribution in [0.5, 0.6) is 5.75 Å². The molecule has 0 radical (unpaired) electrons. The van der Waals surface area contributed by atoms with Crippen molar-refractivity contribution in [3.63, 3.8) is 0 Å². The molecule has 0 aliphatic heterocycles. The van der Waals surface area contributed by atoms with Crippen molar-refractivity contribution >= 4 is 0 Å². The SMILES string of the molecule is COc1ccnc(-c2ccc(-c3nn[nH]n3)c(-c3ccc(Cn4c(C)nc(C)cc4=O)cc3)c2)c1. The van der Waals surface area contributed by atoms with Crippen LogP contribution in [-0.2, 0) is 6.54 Å². The highest BCUT2D eigenvalue weighted by molar-refractivity contribution is 5.84. The van der Waals surface area contributed by atoms with Gasteiger partial charge in [0.05, 0.1) is 19.3 Å². The summed E-state index contributed by atoms with van der Waals surface area (Å²) in [5.41, 5.74) is 6.14. The van der Waals surface area contributed by atoms with E-state index in [1.807, 2.05) is 62.4 Å². The number of hydrogen-bond acceptors (Lipinski definition) is 7. The molecule has 0 bridgehead atoms. The molecule has 3 heterocycles. The lowest BCUT2D eigenvalue weighted by molar-refractivity contribution is 0.414. The minimum absolute atomic E-state index is 0.0584. The zero-order chi connectivity index (χ0) is 24.4. The van der Waals surface area contributed by atoms with Crippen LogP contribution in [0.3, 0.4) is 0 Å². The van der Waals surface area contributed by atoms with Gasteiger partial charge in [0.2, 0.25) is 5.82 Å². The third-order valence-electron chi connectivity index (χ3n) is 5.80. The lowest BCUT2D eigenvalue weighted by Gasteiger charge is -2.13. The molecule has 0 fully saturated rings. The third kappa shape index (κ3) is 4.56. The topological polar surface area (TPSA) is 111 Å². The Balaban J connectivity index is 1.54. The highest BCUT2D eigenvalue weighted by Gasteiger charge is 2.14. The molecule has 0 spiro atoms. The van der Waals surface area contributed by atoms with Crippen molar-refractivity contribution in [2.24, 2.45) is 0 Å². The first-order valence-electron chi connectivity index (χ1n) is 11.0. The fraction of sp³-hybridized carbons (Fsp3) is 0.154. The van der Waals surface area contributed by atoms with Gasteiger partial charge in [0.1, 0.15) is 11.6 Å². The van der Waals surface area contributed by atoms with Crippen LogP contribution in [0, 0.1) is 13.8 Å². The molecule has 9 heteroatoms. The number of aromatic nitrogens is 7. The van der Waals surface area contributed by atoms with Gasteiger partial charge in [0.25, 0.3) is 5.56 Å². The van der Waals surface area contributed by atoms with E-state index in [1.54, 1.807) is 23.9 Å². The normalized spacial score (nSPS) is 10.9. The van der Waals surface area contributed by atoms with Crippen molar-refractivity contribution in [3.05, 3.63) is 94.3 Å². The molecule has 1 N–H and O–H groups in total. The van der Waals surface area contributed by atoms with Gasteiger partial charge in [-0.15, -0.1) is 10.2 Å². The second-order valence-electron chi connectivity index (χ2n) is 8.14. The smallest absolute Gasteiger partial charge is 0.254 e. The van der Waals surface area contributed by atoms with E-state index < -0.39 is 0 Å². The molecular weight excluding hydrogens is 442 g/mol. The maximum atomic E-state index is 12.4. The van der Waals surface area contributed by atoms with Gasteiger partial charge in [-0.25, -0.2) is 4.98 Å². The lowest BCUT2D eigenvalue weighted by atomic mass is 9.95. The molecule has 0 saturated heterocycles. The maximum absolute atomic E-state index is 12.4. The highest BCUT2D eigenvalue weighted by atomic mass is 16.5. The van der Waals surface area contributed by atoms with Crippen molar-refractivity contribution in [1.29, 1.82) is 0 Å². The van der Waals surface area contributed by atoms with Crippen molar-refractivity contribution in [2.45, 2.75) is 20.4 Å². The fourth-order valence-electron chi connectivity index (χ4n) is 4.04. The molecule has 0 amide bonds. The summed E-state index contributed by atoms with van der Waals surface area (Å²) in [7, 11) is 1.63. The number of pyridine rings is 1. The maximum Gasteiger partial charge on any atom is 0.254 e. The van der Waals surface area contributed by atoms with E-state index in [1.165, 1.54) is 0 Å². The molecule has 5 aromatic rings. The minimum atomic E-state index is -0.0584. The molecule has 35 heavy (non-hydrogen) atoms. The molecule has 0 unspecified atom stereocenters. The van der Waals surface area contributed by atoms with E-state index in [4.69, 9.17) is 4.74 Å². The largest absolute Gasteiger partial charge is 0.497 e. The van der Waals surface area contributed by atoms with E-state index in [9.17, 15) is 4.79 Å². The fourth-order valence-corrected chi connectivity index (χ4v) is 4.04. The Morgan fingerprint density at radius 1 is 0.943 bits per heavy atom. The van der Waals surface area contributed by atoms with Crippen LogP contribution >= 0.6 is 0 Å². The summed E-state index contributed by atoms with van der Waals surface area (Å²) in [6.07, 6.45) is 1.72. The second-order valence-corrected chi connectivity index (χ2v) is 8.14. The van der Waals surface area contributed by atoms with Gasteiger partial charge < -0.3 is 4.74 Å². The van der Waals surface area contributed by atoms with Gasteiger partial charge in [-0.1, -0.05) is 30.3 Å². The molecule has 0 aliphatic rings. The predicted molar refractivity (Wildman–Crippen MR) is 132 cm³/mol. The zero-order valence-corrected chi connectivity index (χ0v) is 19.6. The van der Waals surface area contributed by atoms with Crippen LogP contribution in [0.15, 0.2) is 71.7 Å². The summed E-state index contributed by atoms with van der Waals surface area (Å²) < 4.78 is 7.03. The van der Waals surface area contributed by atoms with Gasteiger partial charge in [-0.05, 0) is 54.0 Å². The first-order chi connectivity index (χ1) is 17.0. The lowest BCUT2D eigenvalue weighted by Crippen LogP contribution is -2.24. The van der Waals surface area contributed by atoms with E-state index in [0.29, 0.717) is 18.2 Å². The zero-order valence-electron chi connectivity index (χ0n) is 19.6. The van der Waals surface area contributed by atoms with Crippen LogP contribution < -0.4 is 10.3 Å². The first kappa shape index (κ1) is 22.1. The number of tetrazole rings is 1. The molecule has 0 atom stereocenters. The van der Waals surface area contributed by atoms with Crippen LogP contribution in [0.2, 0.25) is 0 Å². The van der Waals surface area contributed by atoms with E-state index in [2.05, 4.69) is 36.7 Å². The van der Waals surface area contributed by atoms with Crippen molar-refractivity contribution in [1.82, 2.24) is 35.2 Å². The number of aromatic amines is 1. The number of nitrogens with one attached hydrogen (secondary N) is 1. The average molecular weight is 466 g/mol. The van der Waals surface area contributed by atoms with E-state index in [0.717, 1.165) is 45.0 Å². The Bertz CT molecular complexity index is 1540. The Morgan fingerprint density at radius 2 is 1.74 bits per heavy atom. The van der Waals surface area contributed by atoms with Crippen LogP contribution in [-0.4, -0.2) is 42.3 Å². The minimum Gasteiger partial charge on any atom is -0.497 e.